The molecule has 0 aliphatic heterocycles. The van der Waals surface area contributed by atoms with Crippen molar-refractivity contribution in [2.45, 2.75) is 19.9 Å². The van der Waals surface area contributed by atoms with Gasteiger partial charge in [-0.1, -0.05) is 44.2 Å². The molecule has 2 aromatic carbocycles. The van der Waals surface area contributed by atoms with E-state index in [2.05, 4.69) is 19.2 Å². The molecule has 0 saturated carbocycles. The molecule has 110 valence electrons. The van der Waals surface area contributed by atoms with Crippen LogP contribution in [0.3, 0.4) is 0 Å². The summed E-state index contributed by atoms with van der Waals surface area (Å²) in [4.78, 5) is 11.0. The Labute approximate surface area is 123 Å². The molecule has 0 bridgehead atoms. The lowest BCUT2D eigenvalue weighted by molar-refractivity contribution is 0.0692. The van der Waals surface area contributed by atoms with Crippen LogP contribution >= 0.6 is 0 Å². The number of aromatic carboxylic acids is 1. The van der Waals surface area contributed by atoms with Gasteiger partial charge in [0, 0.05) is 5.69 Å². The molecule has 0 fully saturated rings. The van der Waals surface area contributed by atoms with Crippen molar-refractivity contribution in [2.24, 2.45) is 5.92 Å². The Kier molecular flexibility index (Phi) is 4.58. The third-order valence-corrected chi connectivity index (χ3v) is 3.34. The van der Waals surface area contributed by atoms with E-state index in [1.165, 1.54) is 12.1 Å². The molecule has 0 spiro atoms. The van der Waals surface area contributed by atoms with Crippen molar-refractivity contribution in [3.8, 4) is 0 Å². The standard InChI is InChI=1S/C17H18FNO2/c1-11(2)16(12-6-4-3-5-7-12)19-13-8-9-15(18)14(10-13)17(20)21/h3-11,16,19H,1-2H3,(H,20,21). The fraction of sp³-hybridized carbons (Fsp3) is 0.235. The van der Waals surface area contributed by atoms with Gasteiger partial charge in [0.25, 0.3) is 0 Å². The van der Waals surface area contributed by atoms with Gasteiger partial charge in [0.1, 0.15) is 5.82 Å². The number of hydrogen-bond acceptors (Lipinski definition) is 2. The van der Waals surface area contributed by atoms with E-state index in [9.17, 15) is 9.18 Å². The Bertz CT molecular complexity index is 626. The fourth-order valence-corrected chi connectivity index (χ4v) is 2.25. The van der Waals surface area contributed by atoms with Gasteiger partial charge >= 0.3 is 5.97 Å². The summed E-state index contributed by atoms with van der Waals surface area (Å²) in [6.07, 6.45) is 0. The van der Waals surface area contributed by atoms with Crippen LogP contribution in [0, 0.1) is 11.7 Å². The number of carboxylic acid groups (broad SMARTS) is 1. The summed E-state index contributed by atoms with van der Waals surface area (Å²) in [5.74, 6) is -1.70. The molecule has 0 amide bonds. The van der Waals surface area contributed by atoms with Crippen molar-refractivity contribution in [3.05, 3.63) is 65.5 Å². The lowest BCUT2D eigenvalue weighted by Crippen LogP contribution is -2.17. The maximum Gasteiger partial charge on any atom is 0.338 e. The first-order chi connectivity index (χ1) is 9.99. The van der Waals surface area contributed by atoms with Crippen molar-refractivity contribution < 1.29 is 14.3 Å². The maximum absolute atomic E-state index is 13.4. The number of carboxylic acids is 1. The zero-order valence-electron chi connectivity index (χ0n) is 12.0. The Balaban J connectivity index is 2.30. The van der Waals surface area contributed by atoms with Crippen LogP contribution in [0.15, 0.2) is 48.5 Å². The van der Waals surface area contributed by atoms with Crippen molar-refractivity contribution >= 4 is 11.7 Å². The smallest absolute Gasteiger partial charge is 0.338 e. The summed E-state index contributed by atoms with van der Waals surface area (Å²) < 4.78 is 13.4. The van der Waals surface area contributed by atoms with Crippen molar-refractivity contribution in [1.29, 1.82) is 0 Å². The quantitative estimate of drug-likeness (QED) is 0.860. The molecule has 0 aromatic heterocycles. The fourth-order valence-electron chi connectivity index (χ4n) is 2.25. The molecular formula is C17H18FNO2. The molecule has 2 N–H and O–H groups in total. The van der Waals surface area contributed by atoms with E-state index < -0.39 is 11.8 Å². The summed E-state index contributed by atoms with van der Waals surface area (Å²) in [5, 5.41) is 12.3. The number of halogens is 1. The molecule has 1 atom stereocenters. The Hall–Kier alpha value is -2.36. The predicted molar refractivity (Wildman–Crippen MR) is 81.0 cm³/mol. The van der Waals surface area contributed by atoms with Crippen molar-refractivity contribution in [1.82, 2.24) is 0 Å². The number of hydrogen-bond donors (Lipinski definition) is 2. The van der Waals surface area contributed by atoms with Crippen LogP contribution in [-0.4, -0.2) is 11.1 Å². The first-order valence-corrected chi connectivity index (χ1v) is 6.83. The number of carbonyl (C=O) groups is 1. The zero-order chi connectivity index (χ0) is 15.4. The zero-order valence-corrected chi connectivity index (χ0v) is 12.0. The van der Waals surface area contributed by atoms with Gasteiger partial charge in [-0.2, -0.15) is 0 Å². The highest BCUT2D eigenvalue weighted by atomic mass is 19.1. The minimum absolute atomic E-state index is 0.0262. The van der Waals surface area contributed by atoms with Gasteiger partial charge in [0.05, 0.1) is 11.6 Å². The third kappa shape index (κ3) is 3.60. The molecule has 0 aliphatic rings. The summed E-state index contributed by atoms with van der Waals surface area (Å²) in [6, 6.07) is 14.0. The molecule has 0 radical (unpaired) electrons. The number of rotatable bonds is 5. The van der Waals surface area contributed by atoms with Crippen LogP contribution in [-0.2, 0) is 0 Å². The Morgan fingerprint density at radius 1 is 1.14 bits per heavy atom. The van der Waals surface area contributed by atoms with Gasteiger partial charge in [-0.25, -0.2) is 9.18 Å². The molecule has 3 nitrogen and oxygen atoms in total. The highest BCUT2D eigenvalue weighted by molar-refractivity contribution is 5.89. The highest BCUT2D eigenvalue weighted by Crippen LogP contribution is 2.27. The van der Waals surface area contributed by atoms with Gasteiger partial charge in [0.15, 0.2) is 0 Å². The monoisotopic (exact) mass is 287 g/mol. The van der Waals surface area contributed by atoms with E-state index >= 15 is 0 Å². The van der Waals surface area contributed by atoms with E-state index in [4.69, 9.17) is 5.11 Å². The number of nitrogens with one attached hydrogen (secondary N) is 1. The van der Waals surface area contributed by atoms with Crippen LogP contribution in [0.1, 0.15) is 35.8 Å². The van der Waals surface area contributed by atoms with Gasteiger partial charge in [-0.15, -0.1) is 0 Å². The lowest BCUT2D eigenvalue weighted by atomic mass is 9.95. The summed E-state index contributed by atoms with van der Waals surface area (Å²) >= 11 is 0. The molecule has 4 heteroatoms. The van der Waals surface area contributed by atoms with E-state index in [1.54, 1.807) is 6.07 Å². The van der Waals surface area contributed by atoms with Gasteiger partial charge in [-0.05, 0) is 29.7 Å². The van der Waals surface area contributed by atoms with Crippen LogP contribution in [0.25, 0.3) is 0 Å². The van der Waals surface area contributed by atoms with Crippen LogP contribution in [0.5, 0.6) is 0 Å². The molecule has 2 aromatic rings. The van der Waals surface area contributed by atoms with E-state index in [0.717, 1.165) is 5.56 Å². The van der Waals surface area contributed by atoms with E-state index in [1.807, 2.05) is 30.3 Å². The summed E-state index contributed by atoms with van der Waals surface area (Å²) in [6.45, 7) is 4.15. The molecule has 1 unspecified atom stereocenters. The number of anilines is 1. The normalized spacial score (nSPS) is 12.2. The van der Waals surface area contributed by atoms with E-state index in [0.29, 0.717) is 11.6 Å². The van der Waals surface area contributed by atoms with Gasteiger partial charge in [-0.3, -0.25) is 0 Å². The average molecular weight is 287 g/mol. The van der Waals surface area contributed by atoms with Crippen LogP contribution in [0.2, 0.25) is 0 Å². The van der Waals surface area contributed by atoms with Crippen LogP contribution in [0.4, 0.5) is 10.1 Å². The molecule has 21 heavy (non-hydrogen) atoms. The average Bonchev–Trinajstić information content (AvgIpc) is 2.46. The second kappa shape index (κ2) is 6.39. The molecule has 0 aliphatic carbocycles. The largest absolute Gasteiger partial charge is 0.478 e. The Morgan fingerprint density at radius 3 is 2.38 bits per heavy atom. The summed E-state index contributed by atoms with van der Waals surface area (Å²) in [7, 11) is 0. The first-order valence-electron chi connectivity index (χ1n) is 6.83. The van der Waals surface area contributed by atoms with E-state index in [-0.39, 0.29) is 11.6 Å². The van der Waals surface area contributed by atoms with Gasteiger partial charge in [0.2, 0.25) is 0 Å². The Morgan fingerprint density at radius 2 is 1.81 bits per heavy atom. The van der Waals surface area contributed by atoms with Gasteiger partial charge < -0.3 is 10.4 Å². The highest BCUT2D eigenvalue weighted by Gasteiger charge is 2.17. The minimum Gasteiger partial charge on any atom is -0.478 e. The third-order valence-electron chi connectivity index (χ3n) is 3.34. The molecule has 0 saturated heterocycles. The minimum atomic E-state index is -1.27. The van der Waals surface area contributed by atoms with Crippen LogP contribution < -0.4 is 5.32 Å². The second-order valence-corrected chi connectivity index (χ2v) is 5.28. The maximum atomic E-state index is 13.4. The first kappa shape index (κ1) is 15.0. The number of benzene rings is 2. The topological polar surface area (TPSA) is 49.3 Å². The summed E-state index contributed by atoms with van der Waals surface area (Å²) in [5.41, 5.74) is 1.38. The predicted octanol–water partition coefficient (Wildman–Crippen LogP) is 4.33. The SMILES string of the molecule is CC(C)C(Nc1ccc(F)c(C(=O)O)c1)c1ccccc1. The van der Waals surface area contributed by atoms with Crippen molar-refractivity contribution in [2.75, 3.05) is 5.32 Å². The molecule has 2 rings (SSSR count). The van der Waals surface area contributed by atoms with Crippen molar-refractivity contribution in [3.63, 3.8) is 0 Å². The lowest BCUT2D eigenvalue weighted by Gasteiger charge is -2.24. The molecular weight excluding hydrogens is 269 g/mol. The molecule has 0 heterocycles. The second-order valence-electron chi connectivity index (χ2n) is 5.28.